The van der Waals surface area contributed by atoms with Gasteiger partial charge in [-0.2, -0.15) is 4.39 Å². The number of unbranched alkanes of at least 4 members (excludes halogenated alkanes) is 1. The van der Waals surface area contributed by atoms with Crippen molar-refractivity contribution >= 4 is 27.6 Å². The zero-order chi connectivity index (χ0) is 22.1. The maximum atomic E-state index is 14.2. The Morgan fingerprint density at radius 3 is 2.69 bits per heavy atom. The van der Waals surface area contributed by atoms with Gasteiger partial charge in [0.25, 0.3) is 0 Å². The highest BCUT2D eigenvalue weighted by atomic mass is 19.1. The van der Waals surface area contributed by atoms with Crippen LogP contribution in [-0.2, 0) is 6.42 Å². The largest absolute Gasteiger partial charge is 0.506 e. The predicted octanol–water partition coefficient (Wildman–Crippen LogP) is 4.26. The number of hydrogen-bond acceptors (Lipinski definition) is 5. The summed E-state index contributed by atoms with van der Waals surface area (Å²) < 4.78 is 19.4. The number of piperazine rings is 1. The van der Waals surface area contributed by atoms with Crippen LogP contribution in [-0.4, -0.2) is 47.7 Å². The summed E-state index contributed by atoms with van der Waals surface area (Å²) in [5.41, 5.74) is 2.37. The van der Waals surface area contributed by atoms with Crippen LogP contribution < -0.4 is 10.5 Å². The van der Waals surface area contributed by atoms with E-state index >= 15 is 0 Å². The summed E-state index contributed by atoms with van der Waals surface area (Å²) in [7, 11) is 0. The lowest BCUT2D eigenvalue weighted by atomic mass is 10.1. The molecule has 1 aliphatic rings. The van der Waals surface area contributed by atoms with Gasteiger partial charge in [-0.3, -0.25) is 4.90 Å². The van der Waals surface area contributed by atoms with Crippen molar-refractivity contribution in [2.45, 2.75) is 19.3 Å². The number of H-pyrrole nitrogens is 1. The van der Waals surface area contributed by atoms with E-state index in [4.69, 9.17) is 4.42 Å². The number of fused-ring (bicyclic) bond motifs is 2. The Kier molecular flexibility index (Phi) is 5.57. The molecule has 7 heteroatoms. The lowest BCUT2D eigenvalue weighted by Gasteiger charge is -2.36. The van der Waals surface area contributed by atoms with E-state index in [2.05, 4.69) is 14.8 Å². The number of aromatic hydroxyl groups is 1. The highest BCUT2D eigenvalue weighted by molar-refractivity contribution is 5.84. The number of aryl methyl sites for hydroxylation is 1. The number of anilines is 1. The van der Waals surface area contributed by atoms with Crippen LogP contribution in [0.4, 0.5) is 10.1 Å². The highest BCUT2D eigenvalue weighted by Crippen LogP contribution is 2.32. The van der Waals surface area contributed by atoms with Crippen molar-refractivity contribution in [3.05, 3.63) is 70.5 Å². The number of benzene rings is 2. The Bertz CT molecular complexity index is 1310. The minimum Gasteiger partial charge on any atom is -0.506 e. The van der Waals surface area contributed by atoms with Crippen LogP contribution in [0.3, 0.4) is 0 Å². The van der Waals surface area contributed by atoms with Crippen LogP contribution in [0, 0.1) is 5.95 Å². The Morgan fingerprint density at radius 2 is 1.84 bits per heavy atom. The Morgan fingerprint density at radius 1 is 1.03 bits per heavy atom. The second-order valence-corrected chi connectivity index (χ2v) is 8.38. The first kappa shape index (κ1) is 20.6. The molecule has 1 aliphatic heterocycles. The van der Waals surface area contributed by atoms with E-state index in [1.807, 2.05) is 30.3 Å². The van der Waals surface area contributed by atoms with Crippen LogP contribution in [0.1, 0.15) is 18.4 Å². The summed E-state index contributed by atoms with van der Waals surface area (Å²) in [5.74, 6) is -0.0876. The number of nitrogens with one attached hydrogen (secondary N) is 1. The zero-order valence-corrected chi connectivity index (χ0v) is 17.8. The number of nitrogens with zero attached hydrogens (tertiary/aromatic N) is 2. The number of para-hydroxylation sites is 1. The Labute approximate surface area is 184 Å². The molecule has 0 unspecified atom stereocenters. The first-order valence-electron chi connectivity index (χ1n) is 11.1. The molecule has 0 radical (unpaired) electrons. The Balaban J connectivity index is 1.14. The average molecular weight is 435 g/mol. The van der Waals surface area contributed by atoms with Crippen molar-refractivity contribution in [3.8, 4) is 5.75 Å². The molecular weight excluding hydrogens is 409 g/mol. The van der Waals surface area contributed by atoms with Gasteiger partial charge in [-0.05, 0) is 44.0 Å². The number of aromatic amines is 1. The molecule has 32 heavy (non-hydrogen) atoms. The number of hydrogen-bond donors (Lipinski definition) is 2. The van der Waals surface area contributed by atoms with E-state index in [1.54, 1.807) is 6.07 Å². The topological polar surface area (TPSA) is 72.7 Å². The summed E-state index contributed by atoms with van der Waals surface area (Å²) >= 11 is 0. The fourth-order valence-corrected chi connectivity index (χ4v) is 4.61. The number of phenolic OH excluding ortho intramolecular Hbond substituents is 1. The van der Waals surface area contributed by atoms with Gasteiger partial charge in [-0.25, -0.2) is 4.79 Å². The van der Waals surface area contributed by atoms with Gasteiger partial charge in [-0.1, -0.05) is 18.2 Å². The van der Waals surface area contributed by atoms with Gasteiger partial charge in [-0.15, -0.1) is 0 Å². The molecule has 166 valence electrons. The van der Waals surface area contributed by atoms with Crippen molar-refractivity contribution in [1.82, 2.24) is 9.88 Å². The molecule has 6 nitrogen and oxygen atoms in total. The van der Waals surface area contributed by atoms with Gasteiger partial charge in [0.1, 0.15) is 11.3 Å². The smallest absolute Gasteiger partial charge is 0.336 e. The lowest BCUT2D eigenvalue weighted by Crippen LogP contribution is -2.46. The molecule has 2 aromatic heterocycles. The summed E-state index contributed by atoms with van der Waals surface area (Å²) in [5, 5.41) is 12.2. The second kappa shape index (κ2) is 8.67. The molecule has 3 heterocycles. The monoisotopic (exact) mass is 435 g/mol. The van der Waals surface area contributed by atoms with Crippen molar-refractivity contribution < 1.29 is 13.9 Å². The molecule has 0 saturated carbocycles. The SMILES string of the molecule is O=c1ccc2cc(N3CCN(CCCCc4c(F)[nH]c5ccccc45)CC3)c(O)cc2o1. The average Bonchev–Trinajstić information content (AvgIpc) is 3.11. The molecule has 2 N–H and O–H groups in total. The molecule has 0 aliphatic carbocycles. The van der Waals surface area contributed by atoms with Gasteiger partial charge in [0.15, 0.2) is 5.95 Å². The first-order valence-corrected chi connectivity index (χ1v) is 11.1. The van der Waals surface area contributed by atoms with Gasteiger partial charge in [0.05, 0.1) is 5.69 Å². The molecule has 0 bridgehead atoms. The molecule has 0 spiro atoms. The van der Waals surface area contributed by atoms with Crippen LogP contribution in [0.2, 0.25) is 0 Å². The first-order chi connectivity index (χ1) is 15.6. The molecule has 2 aromatic carbocycles. The van der Waals surface area contributed by atoms with Crippen LogP contribution in [0.5, 0.6) is 5.75 Å². The van der Waals surface area contributed by atoms with E-state index in [0.29, 0.717) is 5.58 Å². The standard InChI is InChI=1S/C25H26FN3O3/c26-25-19(18-5-1-2-7-20(18)27-25)6-3-4-10-28-11-13-29(14-12-28)21-15-17-8-9-24(31)32-23(17)16-22(21)30/h1-2,5,7-9,15-16,27,30H,3-4,6,10-14H2. The fourth-order valence-electron chi connectivity index (χ4n) is 4.61. The second-order valence-electron chi connectivity index (χ2n) is 8.38. The minimum absolute atomic E-state index is 0.126. The van der Waals surface area contributed by atoms with Gasteiger partial charge >= 0.3 is 5.63 Å². The van der Waals surface area contributed by atoms with Crippen molar-refractivity contribution in [2.75, 3.05) is 37.6 Å². The minimum atomic E-state index is -0.425. The summed E-state index contributed by atoms with van der Waals surface area (Å²) in [6.45, 7) is 4.41. The zero-order valence-electron chi connectivity index (χ0n) is 17.8. The Hall–Kier alpha value is -3.32. The van der Waals surface area contributed by atoms with Crippen LogP contribution >= 0.6 is 0 Å². The summed E-state index contributed by atoms with van der Waals surface area (Å²) in [6, 6.07) is 14.2. The molecule has 1 fully saturated rings. The van der Waals surface area contributed by atoms with Gasteiger partial charge < -0.3 is 19.4 Å². The number of rotatable bonds is 6. The number of halogens is 1. The van der Waals surface area contributed by atoms with Gasteiger partial charge in [0, 0.05) is 60.2 Å². The molecule has 0 atom stereocenters. The highest BCUT2D eigenvalue weighted by Gasteiger charge is 2.20. The van der Waals surface area contributed by atoms with E-state index < -0.39 is 5.63 Å². The van der Waals surface area contributed by atoms with Crippen LogP contribution in [0.25, 0.3) is 21.9 Å². The van der Waals surface area contributed by atoms with Gasteiger partial charge in [0.2, 0.25) is 0 Å². The fraction of sp³-hybridized carbons (Fsp3) is 0.320. The molecular formula is C25H26FN3O3. The summed E-state index contributed by atoms with van der Waals surface area (Å²) in [4.78, 5) is 18.8. The predicted molar refractivity (Wildman–Crippen MR) is 124 cm³/mol. The van der Waals surface area contributed by atoms with Crippen molar-refractivity contribution in [2.24, 2.45) is 0 Å². The molecule has 1 saturated heterocycles. The third-order valence-electron chi connectivity index (χ3n) is 6.34. The van der Waals surface area contributed by atoms with Crippen LogP contribution in [0.15, 0.2) is 57.7 Å². The number of aromatic nitrogens is 1. The van der Waals surface area contributed by atoms with E-state index in [-0.39, 0.29) is 11.7 Å². The maximum absolute atomic E-state index is 14.2. The quantitative estimate of drug-likeness (QED) is 0.350. The van der Waals surface area contributed by atoms with E-state index in [0.717, 1.165) is 79.5 Å². The molecule has 4 aromatic rings. The van der Waals surface area contributed by atoms with Crippen molar-refractivity contribution in [1.29, 1.82) is 0 Å². The lowest BCUT2D eigenvalue weighted by molar-refractivity contribution is 0.252. The van der Waals surface area contributed by atoms with E-state index in [1.165, 1.54) is 12.1 Å². The van der Waals surface area contributed by atoms with E-state index in [9.17, 15) is 14.3 Å². The van der Waals surface area contributed by atoms with Crippen molar-refractivity contribution in [3.63, 3.8) is 0 Å². The normalized spacial score (nSPS) is 15.1. The number of phenols is 1. The third kappa shape index (κ3) is 4.08. The molecule has 0 amide bonds. The maximum Gasteiger partial charge on any atom is 0.336 e. The third-order valence-corrected chi connectivity index (χ3v) is 6.34. The summed E-state index contributed by atoms with van der Waals surface area (Å²) in [6.07, 6.45) is 2.69. The molecule has 5 rings (SSSR count).